The molecule has 2 aliphatic carbocycles. The van der Waals surface area contributed by atoms with Crippen molar-refractivity contribution in [2.75, 3.05) is 0 Å². The Morgan fingerprint density at radius 1 is 0.661 bits per heavy atom. The third-order valence-electron chi connectivity index (χ3n) is 13.2. The van der Waals surface area contributed by atoms with E-state index in [9.17, 15) is 0 Å². The Morgan fingerprint density at radius 2 is 1.34 bits per heavy atom. The number of fused-ring (bicyclic) bond motifs is 6. The average Bonchev–Trinajstić information content (AvgIpc) is 3.76. The Morgan fingerprint density at radius 3 is 2.05 bits per heavy atom. The summed E-state index contributed by atoms with van der Waals surface area (Å²) >= 11 is 0. The Labute approximate surface area is 349 Å². The standard InChI is InChI=1S/C54H55N5/c1-34-44(59-46-28-24-38(53(2,3)4)32-42(46)43-33-39(54(5,6)7)25-29-47(43)59)30-31-48-49(34)41-20-14-15-21-45(41)58(48)40-26-22-37(23-27-40)52-56-50(35-16-10-8-11-17-35)55-51(57-52)36-18-12-9-13-19-36/h8-32,34,39,44,50-51,55H,33H2,1-7H3,(H,56,57). The molecule has 5 nitrogen and oxygen atoms in total. The van der Waals surface area contributed by atoms with Crippen LogP contribution < -0.4 is 10.6 Å². The third kappa shape index (κ3) is 6.47. The molecule has 5 aromatic carbocycles. The highest BCUT2D eigenvalue weighted by molar-refractivity contribution is 6.00. The molecular formula is C54H55N5. The monoisotopic (exact) mass is 773 g/mol. The zero-order chi connectivity index (χ0) is 40.6. The van der Waals surface area contributed by atoms with E-state index in [1.165, 1.54) is 55.4 Å². The van der Waals surface area contributed by atoms with E-state index in [0.717, 1.165) is 29.1 Å². The van der Waals surface area contributed by atoms with Crippen molar-refractivity contribution < 1.29 is 0 Å². The molecule has 2 aromatic heterocycles. The molecule has 296 valence electrons. The summed E-state index contributed by atoms with van der Waals surface area (Å²) in [6.45, 7) is 16.6. The first-order valence-electron chi connectivity index (χ1n) is 21.4. The summed E-state index contributed by atoms with van der Waals surface area (Å²) in [6, 6.07) is 46.4. The zero-order valence-corrected chi connectivity index (χ0v) is 35.4. The number of allylic oxidation sites excluding steroid dienone is 2. The van der Waals surface area contributed by atoms with Gasteiger partial charge in [-0.3, -0.25) is 5.32 Å². The number of amidine groups is 1. The van der Waals surface area contributed by atoms with Crippen LogP contribution in [0.1, 0.15) is 118 Å². The number of nitrogens with zero attached hydrogens (tertiary/aromatic N) is 3. The van der Waals surface area contributed by atoms with Gasteiger partial charge in [-0.15, -0.1) is 0 Å². The number of nitrogens with one attached hydrogen (secondary N) is 2. The molecular weight excluding hydrogens is 719 g/mol. The number of aliphatic imine (C=N–C) groups is 1. The smallest absolute Gasteiger partial charge is 0.131 e. The van der Waals surface area contributed by atoms with Crippen LogP contribution in [-0.2, 0) is 11.8 Å². The second-order valence-electron chi connectivity index (χ2n) is 19.0. The van der Waals surface area contributed by atoms with E-state index in [2.05, 4.69) is 220 Å². The van der Waals surface area contributed by atoms with E-state index < -0.39 is 0 Å². The number of hydrogen-bond acceptors (Lipinski definition) is 3. The number of benzene rings is 5. The number of rotatable bonds is 5. The van der Waals surface area contributed by atoms with Crippen LogP contribution in [-0.4, -0.2) is 15.0 Å². The fourth-order valence-electron chi connectivity index (χ4n) is 9.81. The second kappa shape index (κ2) is 14.1. The van der Waals surface area contributed by atoms with Crippen molar-refractivity contribution in [3.05, 3.63) is 184 Å². The van der Waals surface area contributed by atoms with Crippen LogP contribution in [0, 0.1) is 11.3 Å². The van der Waals surface area contributed by atoms with Crippen LogP contribution in [0.3, 0.4) is 0 Å². The van der Waals surface area contributed by atoms with Gasteiger partial charge in [0.2, 0.25) is 0 Å². The normalized spacial score (nSPS) is 21.6. The van der Waals surface area contributed by atoms with Crippen LogP contribution in [0.4, 0.5) is 0 Å². The summed E-state index contributed by atoms with van der Waals surface area (Å²) < 4.78 is 5.12. The molecule has 2 N–H and O–H groups in total. The van der Waals surface area contributed by atoms with Crippen LogP contribution in [0.2, 0.25) is 0 Å². The molecule has 0 spiro atoms. The Hall–Kier alpha value is -5.91. The number of hydrogen-bond donors (Lipinski definition) is 2. The highest BCUT2D eigenvalue weighted by atomic mass is 15.3. The predicted octanol–water partition coefficient (Wildman–Crippen LogP) is 12.8. The molecule has 5 atom stereocenters. The van der Waals surface area contributed by atoms with Gasteiger partial charge >= 0.3 is 0 Å². The molecule has 5 unspecified atom stereocenters. The minimum atomic E-state index is -0.170. The summed E-state index contributed by atoms with van der Waals surface area (Å²) in [5.41, 5.74) is 14.3. The van der Waals surface area contributed by atoms with Crippen molar-refractivity contribution in [2.45, 2.75) is 84.6 Å². The molecule has 1 aliphatic heterocycles. The zero-order valence-electron chi connectivity index (χ0n) is 35.4. The van der Waals surface area contributed by atoms with Gasteiger partial charge in [-0.2, -0.15) is 0 Å². The van der Waals surface area contributed by atoms with Crippen LogP contribution in [0.15, 0.2) is 145 Å². The quantitative estimate of drug-likeness (QED) is 0.183. The second-order valence-corrected chi connectivity index (χ2v) is 19.0. The van der Waals surface area contributed by atoms with Gasteiger partial charge in [0, 0.05) is 39.2 Å². The summed E-state index contributed by atoms with van der Waals surface area (Å²) in [5.74, 6) is 1.62. The molecule has 3 aliphatic rings. The number of aromatic nitrogens is 2. The first-order chi connectivity index (χ1) is 28.4. The lowest BCUT2D eigenvalue weighted by Gasteiger charge is -2.33. The maximum absolute atomic E-state index is 5.21. The maximum Gasteiger partial charge on any atom is 0.131 e. The fraction of sp³-hybridized carbons (Fsp3) is 0.278. The average molecular weight is 774 g/mol. The highest BCUT2D eigenvalue weighted by Crippen LogP contribution is 2.48. The summed E-state index contributed by atoms with van der Waals surface area (Å²) in [6.07, 6.45) is 10.6. The van der Waals surface area contributed by atoms with Gasteiger partial charge in [0.15, 0.2) is 0 Å². The molecule has 0 bridgehead atoms. The summed E-state index contributed by atoms with van der Waals surface area (Å²) in [5, 5.41) is 10.2. The Balaban J connectivity index is 1.04. The molecule has 0 saturated carbocycles. The van der Waals surface area contributed by atoms with Gasteiger partial charge < -0.3 is 14.5 Å². The summed E-state index contributed by atoms with van der Waals surface area (Å²) in [4.78, 5) is 5.21. The Bertz CT molecular complexity index is 2780. The highest BCUT2D eigenvalue weighted by Gasteiger charge is 2.35. The summed E-state index contributed by atoms with van der Waals surface area (Å²) in [7, 11) is 0. The first-order valence-corrected chi connectivity index (χ1v) is 21.4. The molecule has 0 fully saturated rings. The van der Waals surface area contributed by atoms with Crippen molar-refractivity contribution in [1.29, 1.82) is 0 Å². The van der Waals surface area contributed by atoms with Gasteiger partial charge in [0.25, 0.3) is 0 Å². The lowest BCUT2D eigenvalue weighted by molar-refractivity contribution is 0.290. The minimum absolute atomic E-state index is 0.0764. The predicted molar refractivity (Wildman–Crippen MR) is 247 cm³/mol. The van der Waals surface area contributed by atoms with Gasteiger partial charge in [-0.05, 0) is 106 Å². The molecule has 5 heteroatoms. The SMILES string of the molecule is CC1c2c(n(-c3ccc(C4=NC(c5ccccc5)NC(c5ccccc5)N4)cc3)c3ccccc23)C=CC1n1c2c(c3cc(C(C)(C)C)ccc31)CC(C(C)(C)C)C=C2. The van der Waals surface area contributed by atoms with Crippen molar-refractivity contribution >= 4 is 39.8 Å². The molecule has 0 amide bonds. The lowest BCUT2D eigenvalue weighted by Crippen LogP contribution is -2.44. The molecule has 0 radical (unpaired) electrons. The van der Waals surface area contributed by atoms with E-state index in [4.69, 9.17) is 4.99 Å². The third-order valence-corrected chi connectivity index (χ3v) is 13.2. The van der Waals surface area contributed by atoms with Crippen molar-refractivity contribution in [1.82, 2.24) is 19.8 Å². The van der Waals surface area contributed by atoms with E-state index in [1.54, 1.807) is 0 Å². The van der Waals surface area contributed by atoms with E-state index in [0.29, 0.717) is 5.92 Å². The van der Waals surface area contributed by atoms with Gasteiger partial charge in [0.05, 0.1) is 17.3 Å². The van der Waals surface area contributed by atoms with Crippen LogP contribution >= 0.6 is 0 Å². The molecule has 0 saturated heterocycles. The molecule has 59 heavy (non-hydrogen) atoms. The fourth-order valence-corrected chi connectivity index (χ4v) is 9.81. The lowest BCUT2D eigenvalue weighted by atomic mass is 9.74. The van der Waals surface area contributed by atoms with E-state index >= 15 is 0 Å². The maximum atomic E-state index is 5.21. The van der Waals surface area contributed by atoms with Gasteiger partial charge in [-0.1, -0.05) is 146 Å². The van der Waals surface area contributed by atoms with Gasteiger partial charge in [0.1, 0.15) is 18.2 Å². The first kappa shape index (κ1) is 37.4. The van der Waals surface area contributed by atoms with E-state index in [1.807, 2.05) is 0 Å². The molecule has 3 heterocycles. The van der Waals surface area contributed by atoms with Crippen LogP contribution in [0.5, 0.6) is 0 Å². The van der Waals surface area contributed by atoms with E-state index in [-0.39, 0.29) is 35.1 Å². The minimum Gasteiger partial charge on any atom is -0.350 e. The van der Waals surface area contributed by atoms with Gasteiger partial charge in [-0.25, -0.2) is 4.99 Å². The van der Waals surface area contributed by atoms with Crippen molar-refractivity contribution in [3.8, 4) is 5.69 Å². The molecule has 10 rings (SSSR count). The Kier molecular flexibility index (Phi) is 8.95. The van der Waals surface area contributed by atoms with Crippen molar-refractivity contribution in [2.24, 2.45) is 16.3 Å². The topological polar surface area (TPSA) is 46.3 Å². The molecule has 7 aromatic rings. The van der Waals surface area contributed by atoms with Crippen molar-refractivity contribution in [3.63, 3.8) is 0 Å². The number of para-hydroxylation sites is 1. The van der Waals surface area contributed by atoms with Crippen LogP contribution in [0.25, 0.3) is 39.6 Å². The largest absolute Gasteiger partial charge is 0.350 e.